The van der Waals surface area contributed by atoms with Crippen LogP contribution in [0.25, 0.3) is 0 Å². The largest absolute Gasteiger partial charge is 0.458 e. The van der Waals surface area contributed by atoms with Crippen LogP contribution in [0.5, 0.6) is 0 Å². The van der Waals surface area contributed by atoms with E-state index in [1.54, 1.807) is 91.0 Å². The Kier molecular flexibility index (Phi) is 12.7. The summed E-state index contributed by atoms with van der Waals surface area (Å²) < 4.78 is 28.7. The molecule has 5 aromatic rings. The second kappa shape index (κ2) is 18.2. The van der Waals surface area contributed by atoms with Crippen molar-refractivity contribution in [3.8, 4) is 0 Å². The van der Waals surface area contributed by atoms with Crippen molar-refractivity contribution in [1.82, 2.24) is 0 Å². The van der Waals surface area contributed by atoms with E-state index in [2.05, 4.69) is 0 Å². The molecule has 5 aromatic carbocycles. The van der Waals surface area contributed by atoms with Crippen LogP contribution in [-0.4, -0.2) is 67.2 Å². The fourth-order valence-corrected chi connectivity index (χ4v) is 4.94. The lowest BCUT2D eigenvalue weighted by atomic mass is 10.0. The van der Waals surface area contributed by atoms with Gasteiger partial charge in [0.2, 0.25) is 0 Å². The van der Waals surface area contributed by atoms with E-state index in [0.717, 1.165) is 0 Å². The van der Waals surface area contributed by atoms with Crippen LogP contribution >= 0.6 is 0 Å². The molecule has 5 rings (SSSR count). The standard InChI is InChI=1S/C41H32O11/c42-26-33(49-38(44)29-18-8-2-9-19-29)35(51-40(46)31-22-12-4-13-23-31)36(52-41(47)32-24-14-5-15-25-32)34(50-39(45)30-20-10-3-11-21-30)27-48-37(43)28-16-6-1-7-17-28/h1-26,33-36H,27H2/t33-,34+,35+,36+/m1/s1. The van der Waals surface area contributed by atoms with Crippen molar-refractivity contribution in [1.29, 1.82) is 0 Å². The molecule has 0 amide bonds. The van der Waals surface area contributed by atoms with Gasteiger partial charge in [0.05, 0.1) is 27.8 Å². The zero-order valence-corrected chi connectivity index (χ0v) is 27.5. The topological polar surface area (TPSA) is 149 Å². The fourth-order valence-electron chi connectivity index (χ4n) is 4.94. The number of carbonyl (C=O) groups excluding carboxylic acids is 6. The molecule has 0 fully saturated rings. The Labute approximate surface area is 298 Å². The molecule has 11 heteroatoms. The average Bonchev–Trinajstić information content (AvgIpc) is 3.21. The van der Waals surface area contributed by atoms with Crippen molar-refractivity contribution in [2.75, 3.05) is 6.61 Å². The maximum atomic E-state index is 13.7. The van der Waals surface area contributed by atoms with E-state index in [9.17, 15) is 28.8 Å². The molecular formula is C41H32O11. The van der Waals surface area contributed by atoms with E-state index in [1.807, 2.05) is 0 Å². The Morgan fingerprint density at radius 3 is 1.08 bits per heavy atom. The summed E-state index contributed by atoms with van der Waals surface area (Å²) in [7, 11) is 0. The molecule has 0 aliphatic heterocycles. The third-order valence-corrected chi connectivity index (χ3v) is 7.56. The molecular weight excluding hydrogens is 668 g/mol. The highest BCUT2D eigenvalue weighted by molar-refractivity contribution is 5.93. The second-order valence-electron chi connectivity index (χ2n) is 11.1. The van der Waals surface area contributed by atoms with E-state index < -0.39 is 60.9 Å². The third-order valence-electron chi connectivity index (χ3n) is 7.56. The van der Waals surface area contributed by atoms with Crippen molar-refractivity contribution in [3.05, 3.63) is 179 Å². The molecule has 0 aromatic heterocycles. The van der Waals surface area contributed by atoms with Gasteiger partial charge in [-0.1, -0.05) is 91.0 Å². The molecule has 262 valence electrons. The first-order chi connectivity index (χ1) is 25.3. The predicted octanol–water partition coefficient (Wildman–Crippen LogP) is 5.94. The summed E-state index contributed by atoms with van der Waals surface area (Å²) in [5.74, 6) is -4.71. The second-order valence-corrected chi connectivity index (χ2v) is 11.1. The molecule has 0 spiro atoms. The molecule has 0 unspecified atom stereocenters. The number of hydrogen-bond donors (Lipinski definition) is 0. The van der Waals surface area contributed by atoms with Crippen LogP contribution in [0.4, 0.5) is 0 Å². The lowest BCUT2D eigenvalue weighted by Gasteiger charge is -2.34. The van der Waals surface area contributed by atoms with Crippen LogP contribution in [0.2, 0.25) is 0 Å². The van der Waals surface area contributed by atoms with Gasteiger partial charge in [0.1, 0.15) is 6.61 Å². The van der Waals surface area contributed by atoms with Crippen molar-refractivity contribution < 1.29 is 52.5 Å². The number of rotatable bonds is 15. The van der Waals surface area contributed by atoms with Gasteiger partial charge in [-0.2, -0.15) is 0 Å². The number of benzene rings is 5. The summed E-state index contributed by atoms with van der Waals surface area (Å²) in [4.78, 5) is 80.0. The van der Waals surface area contributed by atoms with Crippen LogP contribution < -0.4 is 0 Å². The quantitative estimate of drug-likeness (QED) is 0.0725. The monoisotopic (exact) mass is 700 g/mol. The number of carbonyl (C=O) groups is 6. The number of aldehydes is 1. The molecule has 0 saturated carbocycles. The summed E-state index contributed by atoms with van der Waals surface area (Å²) in [6, 6.07) is 38.7. The van der Waals surface area contributed by atoms with Crippen LogP contribution in [0.15, 0.2) is 152 Å². The zero-order valence-electron chi connectivity index (χ0n) is 27.5. The lowest BCUT2D eigenvalue weighted by Crippen LogP contribution is -2.54. The Bertz CT molecular complexity index is 1950. The molecule has 0 N–H and O–H groups in total. The lowest BCUT2D eigenvalue weighted by molar-refractivity contribution is -0.143. The summed E-state index contributed by atoms with van der Waals surface area (Å²) in [5, 5.41) is 0. The van der Waals surface area contributed by atoms with Gasteiger partial charge < -0.3 is 23.7 Å². The summed E-state index contributed by atoms with van der Waals surface area (Å²) in [6.45, 7) is -0.753. The number of ether oxygens (including phenoxy) is 5. The van der Waals surface area contributed by atoms with Gasteiger partial charge in [-0.3, -0.25) is 4.79 Å². The number of esters is 5. The first-order valence-electron chi connectivity index (χ1n) is 16.1. The highest BCUT2D eigenvalue weighted by Crippen LogP contribution is 2.24. The van der Waals surface area contributed by atoms with Crippen LogP contribution in [0, 0.1) is 0 Å². The SMILES string of the molecule is O=C[C@@H](OC(=O)c1ccccc1)[C@H](OC(=O)c1ccccc1)[C@@H](OC(=O)c1ccccc1)[C@H](COC(=O)c1ccccc1)OC(=O)c1ccccc1. The smallest absolute Gasteiger partial charge is 0.338 e. The molecule has 0 heterocycles. The third kappa shape index (κ3) is 9.85. The molecule has 0 radical (unpaired) electrons. The molecule has 0 saturated heterocycles. The Balaban J connectivity index is 1.59. The highest BCUT2D eigenvalue weighted by Gasteiger charge is 2.45. The summed E-state index contributed by atoms with van der Waals surface area (Å²) in [6.07, 6.45) is -7.33. The Morgan fingerprint density at radius 2 is 0.712 bits per heavy atom. The molecule has 11 nitrogen and oxygen atoms in total. The minimum absolute atomic E-state index is 0.0352. The van der Waals surface area contributed by atoms with Gasteiger partial charge >= 0.3 is 29.8 Å². The van der Waals surface area contributed by atoms with Crippen molar-refractivity contribution in [3.63, 3.8) is 0 Å². The number of hydrogen-bond acceptors (Lipinski definition) is 11. The van der Waals surface area contributed by atoms with E-state index in [1.165, 1.54) is 60.7 Å². The van der Waals surface area contributed by atoms with Crippen molar-refractivity contribution >= 4 is 36.1 Å². The molecule has 0 bridgehead atoms. The normalized spacial score (nSPS) is 12.8. The minimum atomic E-state index is -1.95. The van der Waals surface area contributed by atoms with Crippen LogP contribution in [0.1, 0.15) is 51.8 Å². The van der Waals surface area contributed by atoms with Gasteiger partial charge in [-0.05, 0) is 60.7 Å². The maximum absolute atomic E-state index is 13.7. The Hall–Kier alpha value is -6.88. The summed E-state index contributed by atoms with van der Waals surface area (Å²) in [5.41, 5.74) is 0.370. The Morgan fingerprint density at radius 1 is 0.404 bits per heavy atom. The fraction of sp³-hybridized carbons (Fsp3) is 0.122. The van der Waals surface area contributed by atoms with Gasteiger partial charge in [0.15, 0.2) is 30.7 Å². The highest BCUT2D eigenvalue weighted by atomic mass is 16.6. The van der Waals surface area contributed by atoms with E-state index in [0.29, 0.717) is 0 Å². The van der Waals surface area contributed by atoms with Gasteiger partial charge in [-0.25, -0.2) is 24.0 Å². The van der Waals surface area contributed by atoms with Crippen molar-refractivity contribution in [2.24, 2.45) is 0 Å². The average molecular weight is 701 g/mol. The van der Waals surface area contributed by atoms with Crippen molar-refractivity contribution in [2.45, 2.75) is 24.4 Å². The molecule has 0 aliphatic rings. The maximum Gasteiger partial charge on any atom is 0.338 e. The van der Waals surface area contributed by atoms with E-state index in [-0.39, 0.29) is 34.1 Å². The molecule has 0 aliphatic carbocycles. The van der Waals surface area contributed by atoms with E-state index in [4.69, 9.17) is 23.7 Å². The first kappa shape index (κ1) is 36.4. The van der Waals surface area contributed by atoms with Crippen LogP contribution in [0.3, 0.4) is 0 Å². The predicted molar refractivity (Wildman–Crippen MR) is 185 cm³/mol. The van der Waals surface area contributed by atoms with Gasteiger partial charge in [-0.15, -0.1) is 0 Å². The molecule has 4 atom stereocenters. The summed E-state index contributed by atoms with van der Waals surface area (Å²) >= 11 is 0. The van der Waals surface area contributed by atoms with Gasteiger partial charge in [0.25, 0.3) is 0 Å². The first-order valence-corrected chi connectivity index (χ1v) is 16.1. The molecule has 52 heavy (non-hydrogen) atoms. The van der Waals surface area contributed by atoms with E-state index >= 15 is 0 Å². The van der Waals surface area contributed by atoms with Gasteiger partial charge in [0, 0.05) is 0 Å². The zero-order chi connectivity index (χ0) is 36.7. The van der Waals surface area contributed by atoms with Crippen LogP contribution in [-0.2, 0) is 28.5 Å². The minimum Gasteiger partial charge on any atom is -0.458 e.